The predicted octanol–water partition coefficient (Wildman–Crippen LogP) is 4.48. The fourth-order valence-electron chi connectivity index (χ4n) is 2.24. The molecule has 1 fully saturated rings. The van der Waals surface area contributed by atoms with Crippen molar-refractivity contribution in [2.75, 3.05) is 6.26 Å². The molecular weight excluding hydrogens is 358 g/mol. The number of hydrogen-bond donors (Lipinski definition) is 1. The molecule has 3 rings (SSSR count). The number of hydrogen-bond acceptors (Lipinski definition) is 5. The maximum Gasteiger partial charge on any atom is 0.263 e. The molecule has 6 heteroatoms. The zero-order chi connectivity index (χ0) is 16.9. The van der Waals surface area contributed by atoms with Crippen molar-refractivity contribution in [2.45, 2.75) is 11.5 Å². The van der Waals surface area contributed by atoms with E-state index >= 15 is 0 Å². The summed E-state index contributed by atoms with van der Waals surface area (Å²) in [5.74, 6) is 0.741. The first-order valence-corrected chi connectivity index (χ1v) is 9.70. The van der Waals surface area contributed by atoms with E-state index in [9.17, 15) is 4.79 Å². The Balaban J connectivity index is 1.73. The van der Waals surface area contributed by atoms with Crippen LogP contribution in [0.4, 0.5) is 0 Å². The number of rotatable bonds is 5. The van der Waals surface area contributed by atoms with Crippen molar-refractivity contribution in [1.29, 1.82) is 0 Å². The average molecular weight is 374 g/mol. The van der Waals surface area contributed by atoms with Gasteiger partial charge < -0.3 is 10.1 Å². The Kier molecular flexibility index (Phi) is 5.60. The molecule has 0 saturated carbocycles. The average Bonchev–Trinajstić information content (AvgIpc) is 2.91. The van der Waals surface area contributed by atoms with Gasteiger partial charge in [0.1, 0.15) is 16.7 Å². The molecular formula is C18H15NO2S3. The lowest BCUT2D eigenvalue weighted by atomic mass is 10.1. The van der Waals surface area contributed by atoms with Crippen LogP contribution in [0.3, 0.4) is 0 Å². The highest BCUT2D eigenvalue weighted by Gasteiger charge is 2.21. The zero-order valence-corrected chi connectivity index (χ0v) is 15.4. The van der Waals surface area contributed by atoms with Crippen LogP contribution in [-0.4, -0.2) is 16.5 Å². The number of amides is 1. The van der Waals surface area contributed by atoms with Crippen LogP contribution in [0.2, 0.25) is 0 Å². The van der Waals surface area contributed by atoms with E-state index in [2.05, 4.69) is 5.32 Å². The van der Waals surface area contributed by atoms with Crippen molar-refractivity contribution < 1.29 is 9.53 Å². The van der Waals surface area contributed by atoms with Crippen molar-refractivity contribution in [1.82, 2.24) is 5.32 Å². The summed E-state index contributed by atoms with van der Waals surface area (Å²) >= 11 is 7.95. The van der Waals surface area contributed by atoms with Gasteiger partial charge in [0.05, 0.1) is 4.91 Å². The highest BCUT2D eigenvalue weighted by molar-refractivity contribution is 8.26. The molecule has 0 radical (unpaired) electrons. The van der Waals surface area contributed by atoms with Crippen LogP contribution < -0.4 is 10.1 Å². The van der Waals surface area contributed by atoms with Gasteiger partial charge in [-0.1, -0.05) is 54.3 Å². The summed E-state index contributed by atoms with van der Waals surface area (Å²) in [7, 11) is 0. The summed E-state index contributed by atoms with van der Waals surface area (Å²) in [6.07, 6.45) is 3.88. The van der Waals surface area contributed by atoms with Crippen LogP contribution >= 0.6 is 35.7 Å². The van der Waals surface area contributed by atoms with Crippen molar-refractivity contribution in [3.8, 4) is 5.75 Å². The third-order valence-corrected chi connectivity index (χ3v) is 5.29. The summed E-state index contributed by atoms with van der Waals surface area (Å²) in [6.45, 7) is 0.479. The van der Waals surface area contributed by atoms with E-state index < -0.39 is 0 Å². The molecule has 1 amide bonds. The Morgan fingerprint density at radius 3 is 2.83 bits per heavy atom. The topological polar surface area (TPSA) is 38.3 Å². The van der Waals surface area contributed by atoms with Gasteiger partial charge in [0, 0.05) is 4.90 Å². The second kappa shape index (κ2) is 7.88. The van der Waals surface area contributed by atoms with E-state index in [-0.39, 0.29) is 5.91 Å². The summed E-state index contributed by atoms with van der Waals surface area (Å²) in [6, 6.07) is 15.9. The lowest BCUT2D eigenvalue weighted by Crippen LogP contribution is -2.17. The summed E-state index contributed by atoms with van der Waals surface area (Å²) < 4.78 is 6.43. The smallest absolute Gasteiger partial charge is 0.263 e. The van der Waals surface area contributed by atoms with Crippen LogP contribution in [0.15, 0.2) is 58.3 Å². The molecule has 2 aromatic carbocycles. The minimum atomic E-state index is -0.138. The highest BCUT2D eigenvalue weighted by Crippen LogP contribution is 2.28. The number of benzene rings is 2. The molecule has 24 heavy (non-hydrogen) atoms. The maximum absolute atomic E-state index is 11.7. The van der Waals surface area contributed by atoms with Crippen LogP contribution in [-0.2, 0) is 11.4 Å². The number of carbonyl (C=O) groups excluding carboxylic acids is 1. The molecule has 1 N–H and O–H groups in total. The third kappa shape index (κ3) is 4.20. The number of thioether (sulfide) groups is 2. The van der Waals surface area contributed by atoms with Gasteiger partial charge in [-0.05, 0) is 41.7 Å². The first kappa shape index (κ1) is 17.1. The number of ether oxygens (including phenoxy) is 1. The Hall–Kier alpha value is -1.76. The van der Waals surface area contributed by atoms with Gasteiger partial charge in [-0.3, -0.25) is 4.79 Å². The van der Waals surface area contributed by atoms with E-state index in [1.54, 1.807) is 11.8 Å². The van der Waals surface area contributed by atoms with Gasteiger partial charge in [0.25, 0.3) is 5.91 Å². The lowest BCUT2D eigenvalue weighted by Gasteiger charge is -2.10. The zero-order valence-electron chi connectivity index (χ0n) is 12.9. The Morgan fingerprint density at radius 2 is 2.08 bits per heavy atom. The highest BCUT2D eigenvalue weighted by atomic mass is 32.2. The summed E-state index contributed by atoms with van der Waals surface area (Å²) in [5, 5.41) is 2.62. The van der Waals surface area contributed by atoms with Gasteiger partial charge in [0.2, 0.25) is 0 Å². The van der Waals surface area contributed by atoms with E-state index in [0.29, 0.717) is 15.8 Å². The van der Waals surface area contributed by atoms with Crippen LogP contribution in [0, 0.1) is 0 Å². The van der Waals surface area contributed by atoms with Crippen molar-refractivity contribution in [3.63, 3.8) is 0 Å². The molecule has 2 aromatic rings. The Labute approximate surface area is 154 Å². The Morgan fingerprint density at radius 1 is 1.25 bits per heavy atom. The molecule has 3 nitrogen and oxygen atoms in total. The minimum Gasteiger partial charge on any atom is -0.488 e. The molecule has 0 unspecified atom stereocenters. The van der Waals surface area contributed by atoms with Crippen LogP contribution in [0.25, 0.3) is 6.08 Å². The molecule has 0 bridgehead atoms. The second-order valence-electron chi connectivity index (χ2n) is 5.04. The van der Waals surface area contributed by atoms with Crippen molar-refractivity contribution in [2.24, 2.45) is 0 Å². The van der Waals surface area contributed by atoms with Gasteiger partial charge in [-0.2, -0.15) is 0 Å². The molecule has 1 aliphatic rings. The number of carbonyl (C=O) groups is 1. The first-order chi connectivity index (χ1) is 11.7. The fraction of sp³-hybridized carbons (Fsp3) is 0.111. The van der Waals surface area contributed by atoms with Crippen LogP contribution in [0.5, 0.6) is 5.75 Å². The van der Waals surface area contributed by atoms with Gasteiger partial charge in [-0.15, -0.1) is 11.8 Å². The SMILES string of the molecule is CSc1ccccc1OCc1cccc(C=C2SC(=S)NC2=O)c1. The molecule has 122 valence electrons. The van der Waals surface area contributed by atoms with Crippen LogP contribution in [0.1, 0.15) is 11.1 Å². The quantitative estimate of drug-likeness (QED) is 0.475. The number of para-hydroxylation sites is 1. The van der Waals surface area contributed by atoms with Crippen molar-refractivity contribution >= 4 is 52.0 Å². The standard InChI is InChI=1S/C18H15NO2S3/c1-23-15-8-3-2-7-14(15)21-11-13-6-4-5-12(9-13)10-16-17(20)19-18(22)24-16/h2-10H,11H2,1H3,(H,19,20,22). The lowest BCUT2D eigenvalue weighted by molar-refractivity contribution is -0.115. The molecule has 0 spiro atoms. The minimum absolute atomic E-state index is 0.138. The molecule has 0 aromatic heterocycles. The summed E-state index contributed by atoms with van der Waals surface area (Å²) in [4.78, 5) is 13.5. The number of nitrogens with one attached hydrogen (secondary N) is 1. The maximum atomic E-state index is 11.7. The molecule has 0 aliphatic carbocycles. The molecule has 1 aliphatic heterocycles. The van der Waals surface area contributed by atoms with E-state index in [0.717, 1.165) is 21.8 Å². The Bertz CT molecular complexity index is 817. The van der Waals surface area contributed by atoms with E-state index in [4.69, 9.17) is 17.0 Å². The largest absolute Gasteiger partial charge is 0.488 e. The fourth-order valence-corrected chi connectivity index (χ4v) is 3.83. The predicted molar refractivity (Wildman–Crippen MR) is 105 cm³/mol. The van der Waals surface area contributed by atoms with Crippen molar-refractivity contribution in [3.05, 3.63) is 64.6 Å². The summed E-state index contributed by atoms with van der Waals surface area (Å²) in [5.41, 5.74) is 2.00. The molecule has 1 heterocycles. The third-order valence-electron chi connectivity index (χ3n) is 3.35. The van der Waals surface area contributed by atoms with E-state index in [1.807, 2.05) is 60.9 Å². The molecule has 0 atom stereocenters. The van der Waals surface area contributed by atoms with Gasteiger partial charge in [0.15, 0.2) is 0 Å². The molecule has 1 saturated heterocycles. The first-order valence-electron chi connectivity index (χ1n) is 7.25. The van der Waals surface area contributed by atoms with Gasteiger partial charge in [-0.25, -0.2) is 0 Å². The normalized spacial score (nSPS) is 15.6. The monoisotopic (exact) mass is 373 g/mol. The van der Waals surface area contributed by atoms with Gasteiger partial charge >= 0.3 is 0 Å². The van der Waals surface area contributed by atoms with E-state index in [1.165, 1.54) is 11.8 Å². The second-order valence-corrected chi connectivity index (χ2v) is 7.60. The number of thiocarbonyl (C=S) groups is 1.